The molecule has 0 saturated carbocycles. The molecular weight excluding hydrogens is 236 g/mol. The van der Waals surface area contributed by atoms with Gasteiger partial charge in [-0.05, 0) is 31.4 Å². The van der Waals surface area contributed by atoms with E-state index in [0.717, 1.165) is 19.3 Å². The van der Waals surface area contributed by atoms with Crippen LogP contribution in [0.3, 0.4) is 0 Å². The summed E-state index contributed by atoms with van der Waals surface area (Å²) in [4.78, 5) is 0.236. The molecule has 1 fully saturated rings. The molecule has 1 unspecified atom stereocenters. The Morgan fingerprint density at radius 2 is 2.12 bits per heavy atom. The van der Waals surface area contributed by atoms with Gasteiger partial charge in [-0.1, -0.05) is 19.1 Å². The summed E-state index contributed by atoms with van der Waals surface area (Å²) in [6, 6.07) is 6.79. The zero-order chi connectivity index (χ0) is 12.5. The van der Waals surface area contributed by atoms with Crippen molar-refractivity contribution >= 4 is 15.7 Å². The first-order valence-electron chi connectivity index (χ1n) is 5.93. The van der Waals surface area contributed by atoms with Crippen molar-refractivity contribution in [3.8, 4) is 0 Å². The van der Waals surface area contributed by atoms with Crippen LogP contribution in [0.25, 0.3) is 0 Å². The molecule has 17 heavy (non-hydrogen) atoms. The summed E-state index contributed by atoms with van der Waals surface area (Å²) >= 11 is 0. The van der Waals surface area contributed by atoms with Crippen molar-refractivity contribution in [3.05, 3.63) is 24.3 Å². The predicted molar refractivity (Wildman–Crippen MR) is 68.1 cm³/mol. The van der Waals surface area contributed by atoms with Crippen molar-refractivity contribution in [1.82, 2.24) is 4.31 Å². The van der Waals surface area contributed by atoms with E-state index < -0.39 is 10.0 Å². The maximum atomic E-state index is 12.5. The van der Waals surface area contributed by atoms with E-state index in [1.165, 1.54) is 0 Å². The minimum Gasteiger partial charge on any atom is -0.398 e. The van der Waals surface area contributed by atoms with E-state index >= 15 is 0 Å². The third-order valence-electron chi connectivity index (χ3n) is 3.30. The molecule has 0 aliphatic carbocycles. The van der Waals surface area contributed by atoms with Crippen LogP contribution in [-0.4, -0.2) is 25.3 Å². The summed E-state index contributed by atoms with van der Waals surface area (Å²) in [7, 11) is -3.42. The minimum absolute atomic E-state index is 0.125. The molecule has 1 atom stereocenters. The molecule has 1 aromatic rings. The van der Waals surface area contributed by atoms with E-state index in [-0.39, 0.29) is 10.9 Å². The van der Waals surface area contributed by atoms with Gasteiger partial charge < -0.3 is 5.73 Å². The van der Waals surface area contributed by atoms with Gasteiger partial charge in [-0.3, -0.25) is 0 Å². The summed E-state index contributed by atoms with van der Waals surface area (Å²) in [5.41, 5.74) is 6.08. The lowest BCUT2D eigenvalue weighted by atomic mass is 10.2. The third-order valence-corrected chi connectivity index (χ3v) is 5.33. The van der Waals surface area contributed by atoms with Crippen molar-refractivity contribution in [2.24, 2.45) is 0 Å². The molecule has 94 valence electrons. The first-order valence-corrected chi connectivity index (χ1v) is 7.37. The number of anilines is 1. The Hall–Kier alpha value is -1.07. The normalized spacial score (nSPS) is 21.8. The third kappa shape index (κ3) is 2.17. The highest BCUT2D eigenvalue weighted by atomic mass is 32.2. The van der Waals surface area contributed by atoms with Gasteiger partial charge in [0.05, 0.1) is 5.69 Å². The second-order valence-corrected chi connectivity index (χ2v) is 6.22. The van der Waals surface area contributed by atoms with Gasteiger partial charge in [0.2, 0.25) is 10.0 Å². The molecule has 1 aromatic carbocycles. The lowest BCUT2D eigenvalue weighted by Gasteiger charge is -2.23. The van der Waals surface area contributed by atoms with Gasteiger partial charge in [0.15, 0.2) is 0 Å². The maximum absolute atomic E-state index is 12.5. The summed E-state index contributed by atoms with van der Waals surface area (Å²) in [6.45, 7) is 2.63. The molecule has 2 rings (SSSR count). The monoisotopic (exact) mass is 254 g/mol. The number of sulfonamides is 1. The van der Waals surface area contributed by atoms with Gasteiger partial charge in [0, 0.05) is 12.6 Å². The molecular formula is C12H18N2O2S. The topological polar surface area (TPSA) is 63.4 Å². The molecule has 0 amide bonds. The van der Waals surface area contributed by atoms with Crippen LogP contribution in [0.2, 0.25) is 0 Å². The largest absolute Gasteiger partial charge is 0.398 e. The summed E-state index contributed by atoms with van der Waals surface area (Å²) in [6.07, 6.45) is 2.74. The smallest absolute Gasteiger partial charge is 0.245 e. The molecule has 2 N–H and O–H groups in total. The molecule has 1 saturated heterocycles. The van der Waals surface area contributed by atoms with Crippen LogP contribution in [0, 0.1) is 0 Å². The van der Waals surface area contributed by atoms with Crippen LogP contribution in [0.5, 0.6) is 0 Å². The van der Waals surface area contributed by atoms with Crippen molar-refractivity contribution in [1.29, 1.82) is 0 Å². The van der Waals surface area contributed by atoms with E-state index in [4.69, 9.17) is 5.73 Å². The molecule has 1 aliphatic heterocycles. The number of hydrogen-bond acceptors (Lipinski definition) is 3. The van der Waals surface area contributed by atoms with Gasteiger partial charge in [-0.2, -0.15) is 4.31 Å². The summed E-state index contributed by atoms with van der Waals surface area (Å²) < 4.78 is 26.5. The zero-order valence-electron chi connectivity index (χ0n) is 9.96. The number of para-hydroxylation sites is 1. The number of rotatable bonds is 3. The number of benzene rings is 1. The van der Waals surface area contributed by atoms with Gasteiger partial charge in [-0.25, -0.2) is 8.42 Å². The van der Waals surface area contributed by atoms with E-state index in [1.54, 1.807) is 28.6 Å². The van der Waals surface area contributed by atoms with Crippen LogP contribution >= 0.6 is 0 Å². The SMILES string of the molecule is CCC1CCCN1S(=O)(=O)c1ccccc1N. The van der Waals surface area contributed by atoms with E-state index in [0.29, 0.717) is 12.2 Å². The summed E-state index contributed by atoms with van der Waals surface area (Å²) in [5, 5.41) is 0. The van der Waals surface area contributed by atoms with Crippen molar-refractivity contribution in [2.45, 2.75) is 37.1 Å². The lowest BCUT2D eigenvalue weighted by molar-refractivity contribution is 0.380. The van der Waals surface area contributed by atoms with Crippen LogP contribution in [0.1, 0.15) is 26.2 Å². The Morgan fingerprint density at radius 1 is 1.41 bits per heavy atom. The molecule has 1 aliphatic rings. The zero-order valence-corrected chi connectivity index (χ0v) is 10.8. The molecule has 1 heterocycles. The Labute approximate surface area is 102 Å². The molecule has 4 nitrogen and oxygen atoms in total. The fraction of sp³-hybridized carbons (Fsp3) is 0.500. The highest BCUT2D eigenvalue weighted by Gasteiger charge is 2.34. The number of nitrogens with two attached hydrogens (primary N) is 1. The summed E-state index contributed by atoms with van der Waals surface area (Å²) in [5.74, 6) is 0. The second-order valence-electron chi connectivity index (χ2n) is 4.36. The fourth-order valence-corrected chi connectivity index (χ4v) is 4.26. The lowest BCUT2D eigenvalue weighted by Crippen LogP contribution is -2.35. The van der Waals surface area contributed by atoms with Gasteiger partial charge in [-0.15, -0.1) is 0 Å². The molecule has 0 radical (unpaired) electrons. The highest BCUT2D eigenvalue weighted by molar-refractivity contribution is 7.89. The first-order chi connectivity index (χ1) is 8.07. The molecule has 0 aromatic heterocycles. The van der Waals surface area contributed by atoms with E-state index in [9.17, 15) is 8.42 Å². The van der Waals surface area contributed by atoms with Crippen LogP contribution in [-0.2, 0) is 10.0 Å². The fourth-order valence-electron chi connectivity index (χ4n) is 2.38. The highest BCUT2D eigenvalue weighted by Crippen LogP contribution is 2.29. The second kappa shape index (κ2) is 4.66. The maximum Gasteiger partial charge on any atom is 0.245 e. The minimum atomic E-state index is -3.42. The number of hydrogen-bond donors (Lipinski definition) is 1. The van der Waals surface area contributed by atoms with Crippen molar-refractivity contribution < 1.29 is 8.42 Å². The van der Waals surface area contributed by atoms with Gasteiger partial charge >= 0.3 is 0 Å². The Balaban J connectivity index is 2.40. The standard InChI is InChI=1S/C12H18N2O2S/c1-2-10-6-5-9-14(10)17(15,16)12-8-4-3-7-11(12)13/h3-4,7-8,10H,2,5-6,9,13H2,1H3. The van der Waals surface area contributed by atoms with Crippen LogP contribution < -0.4 is 5.73 Å². The van der Waals surface area contributed by atoms with Gasteiger partial charge in [0.1, 0.15) is 4.90 Å². The Kier molecular flexibility index (Phi) is 3.40. The Morgan fingerprint density at radius 3 is 2.76 bits per heavy atom. The van der Waals surface area contributed by atoms with Crippen LogP contribution in [0.4, 0.5) is 5.69 Å². The quantitative estimate of drug-likeness (QED) is 0.837. The van der Waals surface area contributed by atoms with E-state index in [1.807, 2.05) is 6.92 Å². The average molecular weight is 254 g/mol. The van der Waals surface area contributed by atoms with Crippen molar-refractivity contribution in [2.75, 3.05) is 12.3 Å². The molecule has 5 heteroatoms. The first kappa shape index (κ1) is 12.4. The predicted octanol–water partition coefficient (Wildman–Crippen LogP) is 1.83. The van der Waals surface area contributed by atoms with E-state index in [2.05, 4.69) is 0 Å². The number of nitrogen functional groups attached to an aromatic ring is 1. The Bertz CT molecular complexity index is 499. The molecule has 0 spiro atoms. The number of nitrogens with zero attached hydrogens (tertiary/aromatic N) is 1. The van der Waals surface area contributed by atoms with Crippen LogP contribution in [0.15, 0.2) is 29.2 Å². The molecule has 0 bridgehead atoms. The average Bonchev–Trinajstić information content (AvgIpc) is 2.78. The van der Waals surface area contributed by atoms with Crippen molar-refractivity contribution in [3.63, 3.8) is 0 Å². The van der Waals surface area contributed by atoms with Gasteiger partial charge in [0.25, 0.3) is 0 Å².